The third-order valence-corrected chi connectivity index (χ3v) is 5.68. The minimum atomic E-state index is 0.0294. The Bertz CT molecular complexity index is 844. The van der Waals surface area contributed by atoms with Crippen LogP contribution in [0, 0.1) is 19.8 Å². The molecule has 2 unspecified atom stereocenters. The van der Waals surface area contributed by atoms with Crippen molar-refractivity contribution in [3.63, 3.8) is 0 Å². The number of ether oxygens (including phenoxy) is 2. The number of carbonyl (C=O) groups is 1. The van der Waals surface area contributed by atoms with E-state index in [2.05, 4.69) is 27.5 Å². The second-order valence-electron chi connectivity index (χ2n) is 7.85. The first-order valence-corrected chi connectivity index (χ1v) is 10.4. The van der Waals surface area contributed by atoms with Gasteiger partial charge in [-0.15, -0.1) is 0 Å². The summed E-state index contributed by atoms with van der Waals surface area (Å²) >= 11 is 0. The summed E-state index contributed by atoms with van der Waals surface area (Å²) in [6.07, 6.45) is 1.96. The summed E-state index contributed by atoms with van der Waals surface area (Å²) < 4.78 is 17.0. The van der Waals surface area contributed by atoms with Gasteiger partial charge in [0.05, 0.1) is 24.8 Å². The zero-order chi connectivity index (χ0) is 20.2. The molecule has 3 heterocycles. The zero-order valence-corrected chi connectivity index (χ0v) is 17.2. The highest BCUT2D eigenvalue weighted by Crippen LogP contribution is 2.32. The van der Waals surface area contributed by atoms with Crippen LogP contribution in [-0.4, -0.2) is 55.4 Å². The Balaban J connectivity index is 1.63. The Morgan fingerprint density at radius 1 is 1.21 bits per heavy atom. The second kappa shape index (κ2) is 8.97. The van der Waals surface area contributed by atoms with Crippen molar-refractivity contribution in [3.8, 4) is 16.9 Å². The number of hydrogen-bond acceptors (Lipinski definition) is 6. The molecule has 4 rings (SSSR count). The van der Waals surface area contributed by atoms with E-state index in [0.717, 1.165) is 66.4 Å². The van der Waals surface area contributed by atoms with Gasteiger partial charge in [-0.25, -0.2) is 0 Å². The predicted octanol–water partition coefficient (Wildman–Crippen LogP) is 2.70. The number of amides is 1. The molecule has 1 amide bonds. The van der Waals surface area contributed by atoms with Crippen LogP contribution in [0.2, 0.25) is 0 Å². The van der Waals surface area contributed by atoms with Crippen molar-refractivity contribution < 1.29 is 18.8 Å². The van der Waals surface area contributed by atoms with Crippen molar-refractivity contribution >= 4 is 5.91 Å². The average molecular weight is 399 g/mol. The third-order valence-electron chi connectivity index (χ3n) is 5.68. The molecule has 0 spiro atoms. The molecular weight excluding hydrogens is 370 g/mol. The van der Waals surface area contributed by atoms with Crippen LogP contribution in [0.4, 0.5) is 0 Å². The number of aryl methyl sites for hydroxylation is 2. The Hall–Kier alpha value is -2.38. The summed E-state index contributed by atoms with van der Waals surface area (Å²) in [5, 5.41) is 7.09. The molecule has 29 heavy (non-hydrogen) atoms. The number of rotatable bonds is 1. The number of nitrogens with zero attached hydrogens (tertiary/aromatic N) is 2. The second-order valence-corrected chi connectivity index (χ2v) is 7.85. The van der Waals surface area contributed by atoms with Crippen LogP contribution >= 0.6 is 0 Å². The molecule has 0 saturated carbocycles. The van der Waals surface area contributed by atoms with Gasteiger partial charge in [0, 0.05) is 30.8 Å². The van der Waals surface area contributed by atoms with Gasteiger partial charge >= 0.3 is 0 Å². The molecule has 7 nitrogen and oxygen atoms in total. The first-order valence-electron chi connectivity index (χ1n) is 10.4. The number of carbonyl (C=O) groups excluding carboxylic acids is 1. The molecule has 2 aromatic rings. The van der Waals surface area contributed by atoms with Crippen LogP contribution in [0.5, 0.6) is 5.75 Å². The predicted molar refractivity (Wildman–Crippen MR) is 109 cm³/mol. The van der Waals surface area contributed by atoms with Crippen molar-refractivity contribution in [2.45, 2.75) is 33.2 Å². The molecular formula is C22H29N3O4. The Kier molecular flexibility index (Phi) is 6.16. The molecule has 156 valence electrons. The van der Waals surface area contributed by atoms with Crippen LogP contribution in [0.25, 0.3) is 11.1 Å². The quantitative estimate of drug-likeness (QED) is 0.795. The lowest BCUT2D eigenvalue weighted by atomic mass is 9.96. The summed E-state index contributed by atoms with van der Waals surface area (Å²) in [7, 11) is 0. The smallest absolute Gasteiger partial charge is 0.224 e. The van der Waals surface area contributed by atoms with E-state index in [4.69, 9.17) is 14.0 Å². The standard InChI is InChI=1S/C22H29N3O4/c1-15-21(16(2)29-24-15)17-5-6-20-19(12-17)14-25-8-3-4-18(13-25)22(26)23-7-9-27-10-11-28-20/h5-6,12,18H,3-4,7-11,13-14H2,1-2H3,(H,23,26). The Morgan fingerprint density at radius 3 is 2.93 bits per heavy atom. The minimum absolute atomic E-state index is 0.0294. The van der Waals surface area contributed by atoms with Crippen molar-refractivity contribution in [2.75, 3.05) is 39.5 Å². The van der Waals surface area contributed by atoms with Gasteiger partial charge in [-0.2, -0.15) is 0 Å². The molecule has 0 aliphatic carbocycles. The molecule has 1 fully saturated rings. The van der Waals surface area contributed by atoms with Crippen LogP contribution in [-0.2, 0) is 16.1 Å². The highest BCUT2D eigenvalue weighted by atomic mass is 16.5. The van der Waals surface area contributed by atoms with Crippen LogP contribution in [0.1, 0.15) is 29.9 Å². The minimum Gasteiger partial charge on any atom is -0.491 e. The molecule has 2 aliphatic rings. The maximum absolute atomic E-state index is 12.5. The highest BCUT2D eigenvalue weighted by Gasteiger charge is 2.26. The summed E-state index contributed by atoms with van der Waals surface area (Å²) in [5.74, 6) is 1.85. The van der Waals surface area contributed by atoms with Gasteiger partial charge in [-0.1, -0.05) is 11.2 Å². The fourth-order valence-corrected chi connectivity index (χ4v) is 4.25. The van der Waals surface area contributed by atoms with Gasteiger partial charge < -0.3 is 19.3 Å². The monoisotopic (exact) mass is 399 g/mol. The van der Waals surface area contributed by atoms with Crippen molar-refractivity contribution in [1.82, 2.24) is 15.4 Å². The van der Waals surface area contributed by atoms with Gasteiger partial charge in [0.2, 0.25) is 5.91 Å². The van der Waals surface area contributed by atoms with Crippen LogP contribution in [0.15, 0.2) is 22.7 Å². The Labute approximate surface area is 171 Å². The number of nitrogens with one attached hydrogen (secondary N) is 1. The summed E-state index contributed by atoms with van der Waals surface area (Å²) in [6.45, 7) is 8.42. The molecule has 1 N–H and O–H groups in total. The van der Waals surface area contributed by atoms with E-state index in [1.54, 1.807) is 0 Å². The van der Waals surface area contributed by atoms with E-state index < -0.39 is 0 Å². The lowest BCUT2D eigenvalue weighted by Crippen LogP contribution is -2.43. The fraction of sp³-hybridized carbons (Fsp3) is 0.545. The number of aromatic nitrogens is 1. The van der Waals surface area contributed by atoms with E-state index in [-0.39, 0.29) is 11.8 Å². The van der Waals surface area contributed by atoms with Crippen molar-refractivity contribution in [3.05, 3.63) is 35.2 Å². The van der Waals surface area contributed by atoms with Gasteiger partial charge in [-0.3, -0.25) is 9.69 Å². The first-order chi connectivity index (χ1) is 14.1. The van der Waals surface area contributed by atoms with E-state index in [1.165, 1.54) is 0 Å². The molecule has 0 radical (unpaired) electrons. The zero-order valence-electron chi connectivity index (χ0n) is 17.2. The van der Waals surface area contributed by atoms with Gasteiger partial charge in [0.15, 0.2) is 0 Å². The molecule has 1 aromatic carbocycles. The Morgan fingerprint density at radius 2 is 2.10 bits per heavy atom. The van der Waals surface area contributed by atoms with Crippen molar-refractivity contribution in [1.29, 1.82) is 0 Å². The SMILES string of the molecule is Cc1noc(C)c1-c1ccc2c(c1)CN1CCCC(C1)C(=O)NCCOCCO2. The molecule has 7 heteroatoms. The normalized spacial score (nSPS) is 23.4. The summed E-state index contributed by atoms with van der Waals surface area (Å²) in [5.41, 5.74) is 4.10. The molecule has 2 aliphatic heterocycles. The summed E-state index contributed by atoms with van der Waals surface area (Å²) in [4.78, 5) is 14.8. The fourth-order valence-electron chi connectivity index (χ4n) is 4.25. The molecule has 1 aromatic heterocycles. The highest BCUT2D eigenvalue weighted by molar-refractivity contribution is 5.79. The largest absolute Gasteiger partial charge is 0.491 e. The van der Waals surface area contributed by atoms with Gasteiger partial charge in [-0.05, 0) is 50.9 Å². The lowest BCUT2D eigenvalue weighted by Gasteiger charge is -2.32. The number of benzene rings is 1. The van der Waals surface area contributed by atoms with E-state index in [0.29, 0.717) is 26.4 Å². The van der Waals surface area contributed by atoms with Crippen LogP contribution in [0.3, 0.4) is 0 Å². The lowest BCUT2D eigenvalue weighted by molar-refractivity contribution is -0.127. The van der Waals surface area contributed by atoms with E-state index in [1.807, 2.05) is 19.9 Å². The van der Waals surface area contributed by atoms with E-state index >= 15 is 0 Å². The van der Waals surface area contributed by atoms with Gasteiger partial charge in [0.25, 0.3) is 0 Å². The topological polar surface area (TPSA) is 76.8 Å². The molecule has 2 atom stereocenters. The maximum atomic E-state index is 12.5. The first kappa shape index (κ1) is 19.9. The number of piperidine rings is 1. The van der Waals surface area contributed by atoms with Crippen LogP contribution < -0.4 is 10.1 Å². The molecule has 1 saturated heterocycles. The average Bonchev–Trinajstić information content (AvgIpc) is 3.06. The van der Waals surface area contributed by atoms with E-state index in [9.17, 15) is 4.79 Å². The van der Waals surface area contributed by atoms with Crippen molar-refractivity contribution in [2.24, 2.45) is 5.92 Å². The maximum Gasteiger partial charge on any atom is 0.224 e. The molecule has 2 bridgehead atoms. The third kappa shape index (κ3) is 4.62. The van der Waals surface area contributed by atoms with Gasteiger partial charge in [0.1, 0.15) is 18.1 Å². The summed E-state index contributed by atoms with van der Waals surface area (Å²) in [6, 6.07) is 6.25. The number of fused-ring (bicyclic) bond motifs is 3. The number of hydrogen-bond donors (Lipinski definition) is 1.